The molecule has 3 nitrogen and oxygen atoms in total. The third-order valence-corrected chi connectivity index (χ3v) is 4.92. The molecule has 0 amide bonds. The fourth-order valence-electron chi connectivity index (χ4n) is 2.35. The van der Waals surface area contributed by atoms with Gasteiger partial charge in [0.2, 0.25) is 0 Å². The van der Waals surface area contributed by atoms with Gasteiger partial charge in [-0.1, -0.05) is 13.8 Å². The predicted octanol–water partition coefficient (Wildman–Crippen LogP) is 3.26. The second-order valence-corrected chi connectivity index (χ2v) is 7.16. The van der Waals surface area contributed by atoms with E-state index in [-0.39, 0.29) is 11.6 Å². The number of ether oxygens (including phenoxy) is 1. The maximum atomic E-state index is 12.5. The molecular weight excluding hydrogens is 226 g/mol. The summed E-state index contributed by atoms with van der Waals surface area (Å²) in [6.07, 6.45) is 4.27. The Bertz CT molecular complexity index is 307. The first-order valence-electron chi connectivity index (χ1n) is 7.05. The lowest BCUT2D eigenvalue weighted by Crippen LogP contribution is -2.54. The summed E-state index contributed by atoms with van der Waals surface area (Å²) >= 11 is 0. The van der Waals surface area contributed by atoms with Crippen LogP contribution in [-0.4, -0.2) is 17.1 Å². The zero-order valence-corrected chi connectivity index (χ0v) is 12.8. The summed E-state index contributed by atoms with van der Waals surface area (Å²) in [7, 11) is 0. The van der Waals surface area contributed by atoms with E-state index in [2.05, 4.69) is 13.8 Å². The van der Waals surface area contributed by atoms with Gasteiger partial charge in [-0.2, -0.15) is 0 Å². The van der Waals surface area contributed by atoms with Crippen LogP contribution in [0, 0.1) is 11.3 Å². The van der Waals surface area contributed by atoms with E-state index >= 15 is 0 Å². The zero-order valence-electron chi connectivity index (χ0n) is 12.8. The quantitative estimate of drug-likeness (QED) is 0.784. The third-order valence-electron chi connectivity index (χ3n) is 4.92. The van der Waals surface area contributed by atoms with Gasteiger partial charge in [0.25, 0.3) is 0 Å². The number of rotatable bonds is 4. The van der Waals surface area contributed by atoms with Crippen LogP contribution in [0.1, 0.15) is 67.2 Å². The molecule has 0 aromatic carbocycles. The molecule has 1 saturated carbocycles. The molecule has 1 aliphatic rings. The fourth-order valence-corrected chi connectivity index (χ4v) is 2.35. The largest absolute Gasteiger partial charge is 0.458 e. The minimum absolute atomic E-state index is 0.161. The van der Waals surface area contributed by atoms with Crippen molar-refractivity contribution in [3.63, 3.8) is 0 Å². The van der Waals surface area contributed by atoms with Crippen molar-refractivity contribution in [3.05, 3.63) is 0 Å². The summed E-state index contributed by atoms with van der Waals surface area (Å²) < 4.78 is 5.93. The predicted molar refractivity (Wildman–Crippen MR) is 74.2 cm³/mol. The Morgan fingerprint density at radius 2 is 1.61 bits per heavy atom. The molecule has 106 valence electrons. The van der Waals surface area contributed by atoms with E-state index in [0.29, 0.717) is 5.92 Å². The molecular formula is C15H29NO2. The monoisotopic (exact) mass is 255 g/mol. The molecule has 0 heterocycles. The van der Waals surface area contributed by atoms with Gasteiger partial charge in [0, 0.05) is 5.54 Å². The van der Waals surface area contributed by atoms with Crippen LogP contribution in [0.5, 0.6) is 0 Å². The van der Waals surface area contributed by atoms with Crippen molar-refractivity contribution in [3.8, 4) is 0 Å². The standard InChI is InChI=1S/C15H29NO2/c1-11(2)15(9-7-8-10-15)18-12(17)13(3,4)14(5,6)16/h11H,7-10,16H2,1-6H3. The topological polar surface area (TPSA) is 52.3 Å². The fraction of sp³-hybridized carbons (Fsp3) is 0.933. The van der Waals surface area contributed by atoms with Gasteiger partial charge < -0.3 is 10.5 Å². The molecule has 1 aliphatic carbocycles. The van der Waals surface area contributed by atoms with Crippen LogP contribution >= 0.6 is 0 Å². The Kier molecular flexibility index (Phi) is 4.16. The smallest absolute Gasteiger partial charge is 0.313 e. The van der Waals surface area contributed by atoms with Crippen LogP contribution in [0.2, 0.25) is 0 Å². The lowest BCUT2D eigenvalue weighted by atomic mass is 9.75. The van der Waals surface area contributed by atoms with Gasteiger partial charge in [0.15, 0.2) is 0 Å². The maximum Gasteiger partial charge on any atom is 0.313 e. The van der Waals surface area contributed by atoms with E-state index in [1.165, 1.54) is 0 Å². The van der Waals surface area contributed by atoms with Gasteiger partial charge in [-0.15, -0.1) is 0 Å². The average molecular weight is 255 g/mol. The highest BCUT2D eigenvalue weighted by molar-refractivity contribution is 5.78. The molecule has 18 heavy (non-hydrogen) atoms. The Labute approximate surface area is 111 Å². The van der Waals surface area contributed by atoms with E-state index < -0.39 is 11.0 Å². The second-order valence-electron chi connectivity index (χ2n) is 7.16. The minimum atomic E-state index is -0.669. The van der Waals surface area contributed by atoms with Crippen LogP contribution in [0.3, 0.4) is 0 Å². The number of hydrogen-bond donors (Lipinski definition) is 1. The number of hydrogen-bond acceptors (Lipinski definition) is 3. The SMILES string of the molecule is CC(C)C1(OC(=O)C(C)(C)C(C)(C)N)CCCC1. The van der Waals surface area contributed by atoms with Crippen molar-refractivity contribution in [1.82, 2.24) is 0 Å². The molecule has 0 spiro atoms. The normalized spacial score (nSPS) is 20.2. The van der Waals surface area contributed by atoms with Crippen molar-refractivity contribution >= 4 is 5.97 Å². The molecule has 0 aliphatic heterocycles. The number of carbonyl (C=O) groups excluding carboxylic acids is 1. The van der Waals surface area contributed by atoms with Gasteiger partial charge in [-0.25, -0.2) is 0 Å². The molecule has 0 bridgehead atoms. The van der Waals surface area contributed by atoms with E-state index in [0.717, 1.165) is 25.7 Å². The zero-order chi connectivity index (χ0) is 14.2. The highest BCUT2D eigenvalue weighted by Gasteiger charge is 2.47. The molecule has 0 aromatic rings. The molecule has 2 N–H and O–H groups in total. The van der Waals surface area contributed by atoms with Crippen LogP contribution in [0.25, 0.3) is 0 Å². The summed E-state index contributed by atoms with van der Waals surface area (Å²) in [5.41, 5.74) is 4.59. The third kappa shape index (κ3) is 2.71. The molecule has 1 fully saturated rings. The first-order chi connectivity index (χ1) is 8.03. The summed E-state index contributed by atoms with van der Waals surface area (Å²) in [4.78, 5) is 12.5. The second kappa shape index (κ2) is 4.84. The van der Waals surface area contributed by atoms with E-state index in [9.17, 15) is 4.79 Å². The van der Waals surface area contributed by atoms with Crippen molar-refractivity contribution < 1.29 is 9.53 Å². The Morgan fingerprint density at radius 3 is 1.94 bits per heavy atom. The van der Waals surface area contributed by atoms with Crippen molar-refractivity contribution in [2.45, 2.75) is 78.4 Å². The lowest BCUT2D eigenvalue weighted by Gasteiger charge is -2.41. The summed E-state index contributed by atoms with van der Waals surface area (Å²) in [5, 5.41) is 0. The summed E-state index contributed by atoms with van der Waals surface area (Å²) in [6, 6.07) is 0. The van der Waals surface area contributed by atoms with Gasteiger partial charge in [0.1, 0.15) is 5.60 Å². The Balaban J connectivity index is 2.87. The maximum absolute atomic E-state index is 12.5. The van der Waals surface area contributed by atoms with Gasteiger partial charge in [-0.05, 0) is 59.3 Å². The van der Waals surface area contributed by atoms with Gasteiger partial charge in [0.05, 0.1) is 5.41 Å². The van der Waals surface area contributed by atoms with E-state index in [1.807, 2.05) is 27.7 Å². The Hall–Kier alpha value is -0.570. The summed E-state index contributed by atoms with van der Waals surface area (Å²) in [6.45, 7) is 11.8. The number of nitrogens with two attached hydrogens (primary N) is 1. The molecule has 0 aromatic heterocycles. The van der Waals surface area contributed by atoms with Crippen molar-refractivity contribution in [2.24, 2.45) is 17.1 Å². The average Bonchev–Trinajstić information content (AvgIpc) is 2.65. The molecule has 0 unspecified atom stereocenters. The van der Waals surface area contributed by atoms with Crippen LogP contribution < -0.4 is 5.73 Å². The van der Waals surface area contributed by atoms with Gasteiger partial charge >= 0.3 is 5.97 Å². The lowest BCUT2D eigenvalue weighted by molar-refractivity contribution is -0.178. The molecule has 1 rings (SSSR count). The van der Waals surface area contributed by atoms with Gasteiger partial charge in [-0.3, -0.25) is 4.79 Å². The van der Waals surface area contributed by atoms with Crippen molar-refractivity contribution in [1.29, 1.82) is 0 Å². The molecule has 3 heteroatoms. The molecule has 0 atom stereocenters. The van der Waals surface area contributed by atoms with Crippen molar-refractivity contribution in [2.75, 3.05) is 0 Å². The number of esters is 1. The number of carbonyl (C=O) groups is 1. The molecule has 0 radical (unpaired) electrons. The van der Waals surface area contributed by atoms with E-state index in [1.54, 1.807) is 0 Å². The van der Waals surface area contributed by atoms with Crippen LogP contribution in [0.15, 0.2) is 0 Å². The summed E-state index contributed by atoms with van der Waals surface area (Å²) in [5.74, 6) is 0.200. The first-order valence-corrected chi connectivity index (χ1v) is 7.05. The highest BCUT2D eigenvalue weighted by atomic mass is 16.6. The van der Waals surface area contributed by atoms with E-state index in [4.69, 9.17) is 10.5 Å². The minimum Gasteiger partial charge on any atom is -0.458 e. The first kappa shape index (κ1) is 15.5. The molecule has 0 saturated heterocycles. The Morgan fingerprint density at radius 1 is 1.17 bits per heavy atom. The van der Waals surface area contributed by atoms with Crippen LogP contribution in [0.4, 0.5) is 0 Å². The highest BCUT2D eigenvalue weighted by Crippen LogP contribution is 2.42. The van der Waals surface area contributed by atoms with Crippen LogP contribution in [-0.2, 0) is 9.53 Å².